The van der Waals surface area contributed by atoms with Crippen LogP contribution in [-0.4, -0.2) is 49.3 Å². The van der Waals surface area contributed by atoms with Crippen molar-refractivity contribution in [3.05, 3.63) is 0 Å². The third-order valence-electron chi connectivity index (χ3n) is 5.44. The summed E-state index contributed by atoms with van der Waals surface area (Å²) in [5.74, 6) is 1.63. The normalized spacial score (nSPS) is 38.9. The molecule has 2 saturated heterocycles. The van der Waals surface area contributed by atoms with Gasteiger partial charge in [0.15, 0.2) is 0 Å². The summed E-state index contributed by atoms with van der Waals surface area (Å²) in [6, 6.07) is 0.702. The van der Waals surface area contributed by atoms with Gasteiger partial charge in [-0.25, -0.2) is 0 Å². The fraction of sp³-hybridized carbons (Fsp3) is 1.00. The molecule has 0 aromatic rings. The lowest BCUT2D eigenvalue weighted by Gasteiger charge is -2.45. The molecule has 21 heavy (non-hydrogen) atoms. The number of rotatable bonds is 4. The van der Waals surface area contributed by atoms with Crippen molar-refractivity contribution in [3.8, 4) is 0 Å². The predicted molar refractivity (Wildman–Crippen MR) is 89.6 cm³/mol. The molecule has 2 rings (SSSR count). The Morgan fingerprint density at radius 1 is 1.24 bits per heavy atom. The van der Waals surface area contributed by atoms with E-state index in [9.17, 15) is 0 Å². The summed E-state index contributed by atoms with van der Waals surface area (Å²) in [4.78, 5) is 2.73. The number of piperidine rings is 1. The van der Waals surface area contributed by atoms with Crippen LogP contribution in [0.2, 0.25) is 0 Å². The van der Waals surface area contributed by atoms with Crippen LogP contribution in [-0.2, 0) is 4.74 Å². The van der Waals surface area contributed by atoms with Gasteiger partial charge in [-0.05, 0) is 52.4 Å². The second kappa shape index (κ2) is 6.55. The molecule has 3 nitrogen and oxygen atoms in total. The van der Waals surface area contributed by atoms with Crippen LogP contribution in [0.25, 0.3) is 0 Å². The van der Waals surface area contributed by atoms with E-state index in [2.05, 4.69) is 51.8 Å². The first-order chi connectivity index (χ1) is 9.71. The highest BCUT2D eigenvalue weighted by atomic mass is 16.5. The van der Waals surface area contributed by atoms with Crippen LogP contribution in [0.1, 0.15) is 54.4 Å². The van der Waals surface area contributed by atoms with Crippen molar-refractivity contribution in [1.82, 2.24) is 10.2 Å². The number of hydrogen-bond acceptors (Lipinski definition) is 3. The summed E-state index contributed by atoms with van der Waals surface area (Å²) in [5, 5.41) is 3.72. The zero-order valence-electron chi connectivity index (χ0n) is 15.0. The van der Waals surface area contributed by atoms with Crippen LogP contribution in [0.3, 0.4) is 0 Å². The maximum atomic E-state index is 5.79. The van der Waals surface area contributed by atoms with Gasteiger partial charge in [-0.1, -0.05) is 13.8 Å². The molecule has 4 unspecified atom stereocenters. The quantitative estimate of drug-likeness (QED) is 0.862. The highest BCUT2D eigenvalue weighted by Gasteiger charge is 2.40. The molecule has 2 fully saturated rings. The molecule has 0 bridgehead atoms. The van der Waals surface area contributed by atoms with E-state index < -0.39 is 0 Å². The van der Waals surface area contributed by atoms with Gasteiger partial charge >= 0.3 is 0 Å². The highest BCUT2D eigenvalue weighted by molar-refractivity contribution is 4.93. The Kier molecular flexibility index (Phi) is 5.38. The van der Waals surface area contributed by atoms with Crippen molar-refractivity contribution in [1.29, 1.82) is 0 Å². The Morgan fingerprint density at radius 3 is 2.52 bits per heavy atom. The molecule has 0 aliphatic carbocycles. The Labute approximate surface area is 131 Å². The van der Waals surface area contributed by atoms with E-state index in [1.807, 2.05) is 0 Å². The lowest BCUT2D eigenvalue weighted by molar-refractivity contribution is 0.0278. The van der Waals surface area contributed by atoms with Crippen LogP contribution >= 0.6 is 0 Å². The Hall–Kier alpha value is -0.120. The number of likely N-dealkylation sites (tertiary alicyclic amines) is 1. The summed E-state index contributed by atoms with van der Waals surface area (Å²) in [6.07, 6.45) is 2.57. The average Bonchev–Trinajstić information content (AvgIpc) is 2.81. The maximum Gasteiger partial charge on any atom is 0.0547 e. The SMILES string of the molecule is CC1CC(C)C(C)N(CC2(CNC(C)(C)C)CCOC2)C1. The summed E-state index contributed by atoms with van der Waals surface area (Å²) in [7, 11) is 0. The number of ether oxygens (including phenoxy) is 1. The number of nitrogens with one attached hydrogen (secondary N) is 1. The Balaban J connectivity index is 2.01. The van der Waals surface area contributed by atoms with Gasteiger partial charge in [0.1, 0.15) is 0 Å². The first kappa shape index (κ1) is 17.2. The minimum Gasteiger partial charge on any atom is -0.381 e. The van der Waals surface area contributed by atoms with Crippen LogP contribution in [0.5, 0.6) is 0 Å². The van der Waals surface area contributed by atoms with Gasteiger partial charge in [-0.2, -0.15) is 0 Å². The lowest BCUT2D eigenvalue weighted by atomic mass is 9.81. The van der Waals surface area contributed by atoms with Crippen molar-refractivity contribution < 1.29 is 4.74 Å². The number of nitrogens with zero attached hydrogens (tertiary/aromatic N) is 1. The van der Waals surface area contributed by atoms with Crippen molar-refractivity contribution in [2.24, 2.45) is 17.3 Å². The summed E-state index contributed by atoms with van der Waals surface area (Å²) in [5.41, 5.74) is 0.488. The van der Waals surface area contributed by atoms with E-state index in [0.717, 1.165) is 31.6 Å². The van der Waals surface area contributed by atoms with Gasteiger partial charge in [-0.15, -0.1) is 0 Å². The van der Waals surface area contributed by atoms with Crippen molar-refractivity contribution in [3.63, 3.8) is 0 Å². The molecule has 1 N–H and O–H groups in total. The molecule has 0 aromatic carbocycles. The van der Waals surface area contributed by atoms with E-state index >= 15 is 0 Å². The monoisotopic (exact) mass is 296 g/mol. The molecule has 2 aliphatic heterocycles. The summed E-state index contributed by atoms with van der Waals surface area (Å²) in [6.45, 7) is 19.4. The molecular weight excluding hydrogens is 260 g/mol. The van der Waals surface area contributed by atoms with Crippen LogP contribution in [0.15, 0.2) is 0 Å². The fourth-order valence-electron chi connectivity index (χ4n) is 3.89. The zero-order chi connectivity index (χ0) is 15.7. The van der Waals surface area contributed by atoms with E-state index in [4.69, 9.17) is 4.74 Å². The fourth-order valence-corrected chi connectivity index (χ4v) is 3.89. The van der Waals surface area contributed by atoms with Gasteiger partial charge in [0.05, 0.1) is 6.61 Å². The molecule has 0 aromatic heterocycles. The van der Waals surface area contributed by atoms with Crippen molar-refractivity contribution in [2.45, 2.75) is 66.0 Å². The topological polar surface area (TPSA) is 24.5 Å². The second-order valence-corrected chi connectivity index (χ2v) is 8.89. The third kappa shape index (κ3) is 4.67. The average molecular weight is 296 g/mol. The summed E-state index contributed by atoms with van der Waals surface area (Å²) >= 11 is 0. The van der Waals surface area contributed by atoms with Gasteiger partial charge in [0.2, 0.25) is 0 Å². The van der Waals surface area contributed by atoms with Gasteiger partial charge in [0.25, 0.3) is 0 Å². The molecule has 124 valence electrons. The molecule has 0 spiro atoms. The second-order valence-electron chi connectivity index (χ2n) is 8.89. The molecule has 2 aliphatic rings. The molecule has 4 atom stereocenters. The van der Waals surface area contributed by atoms with Crippen molar-refractivity contribution >= 4 is 0 Å². The predicted octanol–water partition coefficient (Wildman–Crippen LogP) is 3.15. The molecule has 0 radical (unpaired) electrons. The molecule has 0 saturated carbocycles. The van der Waals surface area contributed by atoms with Gasteiger partial charge in [-0.3, -0.25) is 4.90 Å². The lowest BCUT2D eigenvalue weighted by Crippen LogP contribution is -2.54. The maximum absolute atomic E-state index is 5.79. The van der Waals surface area contributed by atoms with Crippen LogP contribution in [0, 0.1) is 17.3 Å². The first-order valence-corrected chi connectivity index (χ1v) is 8.78. The molecule has 0 amide bonds. The smallest absolute Gasteiger partial charge is 0.0547 e. The van der Waals surface area contributed by atoms with E-state index in [1.54, 1.807) is 0 Å². The first-order valence-electron chi connectivity index (χ1n) is 8.78. The van der Waals surface area contributed by atoms with E-state index in [-0.39, 0.29) is 5.54 Å². The largest absolute Gasteiger partial charge is 0.381 e. The van der Waals surface area contributed by atoms with E-state index in [1.165, 1.54) is 25.9 Å². The zero-order valence-corrected chi connectivity index (χ0v) is 15.0. The minimum atomic E-state index is 0.184. The van der Waals surface area contributed by atoms with E-state index in [0.29, 0.717) is 11.5 Å². The molecular formula is C18H36N2O. The minimum absolute atomic E-state index is 0.184. The van der Waals surface area contributed by atoms with Gasteiger partial charge < -0.3 is 10.1 Å². The Morgan fingerprint density at radius 2 is 1.95 bits per heavy atom. The third-order valence-corrected chi connectivity index (χ3v) is 5.44. The standard InChI is InChI=1S/C18H36N2O/c1-14-9-15(2)16(3)20(10-14)12-18(7-8-21-13-18)11-19-17(4,5)6/h14-16,19H,7-13H2,1-6H3. The molecule has 2 heterocycles. The van der Waals surface area contributed by atoms with Crippen molar-refractivity contribution in [2.75, 3.05) is 32.8 Å². The van der Waals surface area contributed by atoms with Crippen LogP contribution in [0.4, 0.5) is 0 Å². The number of hydrogen-bond donors (Lipinski definition) is 1. The summed E-state index contributed by atoms with van der Waals surface area (Å²) < 4.78 is 5.79. The Bertz CT molecular complexity index is 331. The molecule has 3 heteroatoms. The van der Waals surface area contributed by atoms with Gasteiger partial charge in [0, 0.05) is 43.2 Å². The van der Waals surface area contributed by atoms with Crippen LogP contribution < -0.4 is 5.32 Å². The highest BCUT2D eigenvalue weighted by Crippen LogP contribution is 2.34.